The van der Waals surface area contributed by atoms with E-state index < -0.39 is 17.8 Å². The van der Waals surface area contributed by atoms with Crippen molar-refractivity contribution in [2.24, 2.45) is 0 Å². The van der Waals surface area contributed by atoms with Gasteiger partial charge in [0.05, 0.1) is 0 Å². The number of nitrogens with zero attached hydrogens (tertiary/aromatic N) is 2. The molecule has 0 unspecified atom stereocenters. The molecule has 1 aromatic heterocycles. The van der Waals surface area contributed by atoms with Crippen molar-refractivity contribution in [3.63, 3.8) is 0 Å². The van der Waals surface area contributed by atoms with E-state index in [1.165, 1.54) is 0 Å². The summed E-state index contributed by atoms with van der Waals surface area (Å²) in [6, 6.07) is 7.35. The summed E-state index contributed by atoms with van der Waals surface area (Å²) in [5.41, 5.74) is 5.11. The number of rotatable bonds is 4. The number of hydrogen-bond acceptors (Lipinski definition) is 5. The summed E-state index contributed by atoms with van der Waals surface area (Å²) in [5, 5.41) is 11.9. The minimum Gasteiger partial charge on any atom is -0.508 e. The summed E-state index contributed by atoms with van der Waals surface area (Å²) < 4.78 is 37.7. The minimum atomic E-state index is -4.57. The van der Waals surface area contributed by atoms with E-state index in [-0.39, 0.29) is 11.6 Å². The Labute approximate surface area is 118 Å². The smallest absolute Gasteiger partial charge is 0.433 e. The van der Waals surface area contributed by atoms with E-state index in [4.69, 9.17) is 10.8 Å². The lowest BCUT2D eigenvalue weighted by molar-refractivity contribution is -0.141. The van der Waals surface area contributed by atoms with Gasteiger partial charge in [-0.2, -0.15) is 18.2 Å². The predicted molar refractivity (Wildman–Crippen MR) is 71.7 cm³/mol. The largest absolute Gasteiger partial charge is 0.508 e. The zero-order valence-corrected chi connectivity index (χ0v) is 10.9. The first kappa shape index (κ1) is 14.9. The Kier molecular flexibility index (Phi) is 4.15. The van der Waals surface area contributed by atoms with Crippen LogP contribution >= 0.6 is 0 Å². The molecular weight excluding hydrogens is 285 g/mol. The molecule has 112 valence electrons. The van der Waals surface area contributed by atoms with Gasteiger partial charge in [-0.15, -0.1) is 0 Å². The van der Waals surface area contributed by atoms with Crippen molar-refractivity contribution in [2.75, 3.05) is 17.6 Å². The van der Waals surface area contributed by atoms with Gasteiger partial charge in [0.25, 0.3) is 0 Å². The van der Waals surface area contributed by atoms with Crippen molar-refractivity contribution in [3.8, 4) is 5.75 Å². The number of phenolic OH excluding ortho intramolecular Hbond substituents is 1. The van der Waals surface area contributed by atoms with Crippen LogP contribution in [0.5, 0.6) is 5.75 Å². The van der Waals surface area contributed by atoms with Crippen LogP contribution in [-0.2, 0) is 12.6 Å². The summed E-state index contributed by atoms with van der Waals surface area (Å²) in [6.07, 6.45) is -4.00. The summed E-state index contributed by atoms with van der Waals surface area (Å²) in [4.78, 5) is 6.86. The first-order valence-electron chi connectivity index (χ1n) is 6.08. The normalized spacial score (nSPS) is 11.4. The van der Waals surface area contributed by atoms with Crippen molar-refractivity contribution in [1.82, 2.24) is 9.97 Å². The molecule has 0 atom stereocenters. The number of hydrogen-bond donors (Lipinski definition) is 3. The van der Waals surface area contributed by atoms with Gasteiger partial charge in [0.15, 0.2) is 5.69 Å². The molecule has 0 bridgehead atoms. The van der Waals surface area contributed by atoms with E-state index in [0.717, 1.165) is 11.6 Å². The van der Waals surface area contributed by atoms with Gasteiger partial charge in [-0.3, -0.25) is 0 Å². The predicted octanol–water partition coefficient (Wildman–Crippen LogP) is 2.44. The number of anilines is 2. The van der Waals surface area contributed by atoms with Gasteiger partial charge in [0.2, 0.25) is 5.95 Å². The fourth-order valence-electron chi connectivity index (χ4n) is 1.70. The molecule has 0 saturated heterocycles. The van der Waals surface area contributed by atoms with Crippen LogP contribution in [0.4, 0.5) is 24.9 Å². The van der Waals surface area contributed by atoms with Gasteiger partial charge in [0, 0.05) is 12.6 Å². The first-order chi connectivity index (χ1) is 9.84. The quantitative estimate of drug-likeness (QED) is 0.807. The molecule has 0 spiro atoms. The average Bonchev–Trinajstić information content (AvgIpc) is 2.39. The van der Waals surface area contributed by atoms with Crippen LogP contribution in [-0.4, -0.2) is 21.6 Å². The van der Waals surface area contributed by atoms with E-state index in [0.29, 0.717) is 13.0 Å². The Bertz CT molecular complexity index is 614. The number of nitrogen functional groups attached to an aromatic ring is 1. The molecular formula is C13H13F3N4O. The zero-order valence-electron chi connectivity index (χ0n) is 10.9. The molecule has 0 aliphatic rings. The molecule has 0 saturated carbocycles. The third kappa shape index (κ3) is 4.23. The second-order valence-electron chi connectivity index (χ2n) is 4.34. The van der Waals surface area contributed by atoms with Gasteiger partial charge in [-0.1, -0.05) is 12.1 Å². The SMILES string of the molecule is Nc1nc(NCCc2ccc(O)cc2)cc(C(F)(F)F)n1. The monoisotopic (exact) mass is 298 g/mol. The maximum atomic E-state index is 12.6. The lowest BCUT2D eigenvalue weighted by Gasteiger charge is -2.10. The Morgan fingerprint density at radius 2 is 1.81 bits per heavy atom. The lowest BCUT2D eigenvalue weighted by Crippen LogP contribution is -2.14. The van der Waals surface area contributed by atoms with Crippen LogP contribution in [0.25, 0.3) is 0 Å². The average molecular weight is 298 g/mol. The Morgan fingerprint density at radius 3 is 2.43 bits per heavy atom. The third-order valence-electron chi connectivity index (χ3n) is 2.69. The fourth-order valence-corrected chi connectivity index (χ4v) is 1.70. The highest BCUT2D eigenvalue weighted by atomic mass is 19.4. The van der Waals surface area contributed by atoms with E-state index in [9.17, 15) is 13.2 Å². The molecule has 0 fully saturated rings. The molecule has 4 N–H and O–H groups in total. The molecule has 8 heteroatoms. The van der Waals surface area contributed by atoms with Gasteiger partial charge >= 0.3 is 6.18 Å². The third-order valence-corrected chi connectivity index (χ3v) is 2.69. The van der Waals surface area contributed by atoms with Crippen molar-refractivity contribution < 1.29 is 18.3 Å². The number of nitrogens with one attached hydrogen (secondary N) is 1. The number of alkyl halides is 3. The first-order valence-corrected chi connectivity index (χ1v) is 6.08. The second kappa shape index (κ2) is 5.86. The van der Waals surface area contributed by atoms with Crippen LogP contribution in [0.15, 0.2) is 30.3 Å². The van der Waals surface area contributed by atoms with Crippen LogP contribution in [0.2, 0.25) is 0 Å². The van der Waals surface area contributed by atoms with Crippen molar-refractivity contribution in [2.45, 2.75) is 12.6 Å². The molecule has 5 nitrogen and oxygen atoms in total. The van der Waals surface area contributed by atoms with Gasteiger partial charge < -0.3 is 16.2 Å². The Hall–Kier alpha value is -2.51. The highest BCUT2D eigenvalue weighted by Gasteiger charge is 2.33. The van der Waals surface area contributed by atoms with Crippen molar-refractivity contribution in [3.05, 3.63) is 41.6 Å². The van der Waals surface area contributed by atoms with Crippen molar-refractivity contribution in [1.29, 1.82) is 0 Å². The molecule has 21 heavy (non-hydrogen) atoms. The molecule has 2 aromatic rings. The Morgan fingerprint density at radius 1 is 1.14 bits per heavy atom. The van der Waals surface area contributed by atoms with E-state index in [1.807, 2.05) is 0 Å². The number of benzene rings is 1. The van der Waals surface area contributed by atoms with E-state index in [1.54, 1.807) is 24.3 Å². The van der Waals surface area contributed by atoms with Gasteiger partial charge in [0.1, 0.15) is 11.6 Å². The number of aromatic hydroxyl groups is 1. The molecule has 1 heterocycles. The highest BCUT2D eigenvalue weighted by molar-refractivity contribution is 5.41. The standard InChI is InChI=1S/C13H13F3N4O/c14-13(15,16)10-7-11(20-12(17)19-10)18-6-5-8-1-3-9(21)4-2-8/h1-4,7,21H,5-6H2,(H3,17,18,19,20). The summed E-state index contributed by atoms with van der Waals surface area (Å²) in [5.74, 6) is -0.254. The lowest BCUT2D eigenvalue weighted by atomic mass is 10.1. The Balaban J connectivity index is 2.00. The van der Waals surface area contributed by atoms with E-state index >= 15 is 0 Å². The van der Waals surface area contributed by atoms with Gasteiger partial charge in [-0.05, 0) is 24.1 Å². The number of halogens is 3. The molecule has 1 aromatic carbocycles. The number of nitrogens with two attached hydrogens (primary N) is 1. The second-order valence-corrected chi connectivity index (χ2v) is 4.34. The molecule has 2 rings (SSSR count). The molecule has 0 amide bonds. The van der Waals surface area contributed by atoms with Gasteiger partial charge in [-0.25, -0.2) is 4.98 Å². The van der Waals surface area contributed by atoms with Crippen LogP contribution in [0, 0.1) is 0 Å². The highest BCUT2D eigenvalue weighted by Crippen LogP contribution is 2.29. The molecule has 0 radical (unpaired) electrons. The number of aromatic nitrogens is 2. The summed E-state index contributed by atoms with van der Waals surface area (Å²) in [6.45, 7) is 0.374. The number of phenols is 1. The van der Waals surface area contributed by atoms with Crippen molar-refractivity contribution >= 4 is 11.8 Å². The summed E-state index contributed by atoms with van der Waals surface area (Å²) >= 11 is 0. The summed E-state index contributed by atoms with van der Waals surface area (Å²) in [7, 11) is 0. The fraction of sp³-hybridized carbons (Fsp3) is 0.231. The topological polar surface area (TPSA) is 84.1 Å². The minimum absolute atomic E-state index is 0.0219. The zero-order chi connectivity index (χ0) is 15.5. The van der Waals surface area contributed by atoms with Crippen LogP contribution in [0.1, 0.15) is 11.3 Å². The molecule has 0 aliphatic heterocycles. The maximum Gasteiger partial charge on any atom is 0.433 e. The van der Waals surface area contributed by atoms with Crippen LogP contribution in [0.3, 0.4) is 0 Å². The maximum absolute atomic E-state index is 12.6. The van der Waals surface area contributed by atoms with E-state index in [2.05, 4.69) is 15.3 Å². The van der Waals surface area contributed by atoms with Crippen LogP contribution < -0.4 is 11.1 Å². The molecule has 0 aliphatic carbocycles.